The first kappa shape index (κ1) is 8.29. The van der Waals surface area contributed by atoms with Crippen molar-refractivity contribution in [2.75, 3.05) is 0 Å². The third-order valence-electron chi connectivity index (χ3n) is 2.59. The predicted molar refractivity (Wildman–Crippen MR) is 59.7 cm³/mol. The number of nitrogens with zero attached hydrogens (tertiary/aromatic N) is 2. The molecule has 2 heterocycles. The number of fused-ring (bicyclic) bond motifs is 1. The molecule has 1 N–H and O–H groups in total. The van der Waals surface area contributed by atoms with Crippen molar-refractivity contribution >= 4 is 5.65 Å². The molecule has 0 fully saturated rings. The normalized spacial score (nSPS) is 11.0. The Hall–Kier alpha value is -2.03. The van der Waals surface area contributed by atoms with Gasteiger partial charge in [-0.25, -0.2) is 4.52 Å². The second-order valence-corrected chi connectivity index (χ2v) is 3.68. The van der Waals surface area contributed by atoms with E-state index in [-0.39, 0.29) is 0 Å². The lowest BCUT2D eigenvalue weighted by molar-refractivity contribution is 0.973. The Balaban J connectivity index is 2.21. The van der Waals surface area contributed by atoms with Crippen LogP contribution in [0.3, 0.4) is 0 Å². The molecule has 0 spiro atoms. The van der Waals surface area contributed by atoms with E-state index in [1.807, 2.05) is 23.1 Å². The summed E-state index contributed by atoms with van der Waals surface area (Å²) >= 11 is 0. The van der Waals surface area contributed by atoms with Crippen molar-refractivity contribution in [1.82, 2.24) is 14.6 Å². The van der Waals surface area contributed by atoms with Crippen LogP contribution in [-0.2, 0) is 0 Å². The van der Waals surface area contributed by atoms with Crippen molar-refractivity contribution in [1.29, 1.82) is 0 Å². The average Bonchev–Trinajstić information content (AvgIpc) is 2.80. The number of benzene rings is 1. The highest BCUT2D eigenvalue weighted by atomic mass is 15.2. The van der Waals surface area contributed by atoms with Gasteiger partial charge in [0.1, 0.15) is 5.65 Å². The molecule has 0 amide bonds. The zero-order valence-electron chi connectivity index (χ0n) is 8.44. The van der Waals surface area contributed by atoms with Gasteiger partial charge < -0.3 is 4.98 Å². The summed E-state index contributed by atoms with van der Waals surface area (Å²) in [7, 11) is 0. The van der Waals surface area contributed by atoms with E-state index < -0.39 is 0 Å². The van der Waals surface area contributed by atoms with Crippen molar-refractivity contribution in [3.63, 3.8) is 0 Å². The van der Waals surface area contributed by atoms with Gasteiger partial charge in [0.2, 0.25) is 0 Å². The fourth-order valence-corrected chi connectivity index (χ4v) is 1.75. The summed E-state index contributed by atoms with van der Waals surface area (Å²) in [5.41, 5.74) is 4.64. The van der Waals surface area contributed by atoms with E-state index in [4.69, 9.17) is 0 Å². The fourth-order valence-electron chi connectivity index (χ4n) is 1.75. The average molecular weight is 197 g/mol. The van der Waals surface area contributed by atoms with E-state index in [9.17, 15) is 0 Å². The largest absolute Gasteiger partial charge is 0.345 e. The molecule has 2 aromatic heterocycles. The number of rotatable bonds is 1. The van der Waals surface area contributed by atoms with Gasteiger partial charge in [-0.3, -0.25) is 0 Å². The highest BCUT2D eigenvalue weighted by Gasteiger charge is 2.06. The molecule has 1 aromatic carbocycles. The zero-order chi connectivity index (χ0) is 10.3. The smallest absolute Gasteiger partial charge is 0.141 e. The molecule has 3 rings (SSSR count). The molecule has 0 bridgehead atoms. The quantitative estimate of drug-likeness (QED) is 0.639. The summed E-state index contributed by atoms with van der Waals surface area (Å²) in [5.74, 6) is 0. The highest BCUT2D eigenvalue weighted by Crippen LogP contribution is 2.23. The summed E-state index contributed by atoms with van der Waals surface area (Å²) in [6, 6.07) is 8.46. The summed E-state index contributed by atoms with van der Waals surface area (Å²) in [6.07, 6.45) is 5.68. The Bertz CT molecular complexity index is 587. The van der Waals surface area contributed by atoms with Gasteiger partial charge in [-0.05, 0) is 12.5 Å². The molecule has 0 unspecified atom stereocenters. The zero-order valence-corrected chi connectivity index (χ0v) is 8.44. The van der Waals surface area contributed by atoms with Crippen LogP contribution in [0.2, 0.25) is 0 Å². The Morgan fingerprint density at radius 2 is 2.00 bits per heavy atom. The third kappa shape index (κ3) is 1.24. The highest BCUT2D eigenvalue weighted by molar-refractivity contribution is 5.76. The number of H-pyrrole nitrogens is 1. The van der Waals surface area contributed by atoms with Crippen molar-refractivity contribution in [3.8, 4) is 11.1 Å². The van der Waals surface area contributed by atoms with Gasteiger partial charge in [-0.1, -0.05) is 29.8 Å². The van der Waals surface area contributed by atoms with Gasteiger partial charge in [0.05, 0.1) is 6.20 Å². The van der Waals surface area contributed by atoms with E-state index in [1.54, 1.807) is 0 Å². The van der Waals surface area contributed by atoms with Crippen LogP contribution in [0.15, 0.2) is 42.9 Å². The predicted octanol–water partition coefficient (Wildman–Crippen LogP) is 2.64. The van der Waals surface area contributed by atoms with Crippen LogP contribution in [0.4, 0.5) is 0 Å². The molecule has 0 atom stereocenters. The summed E-state index contributed by atoms with van der Waals surface area (Å²) in [5, 5.41) is 4.26. The second kappa shape index (κ2) is 2.98. The van der Waals surface area contributed by atoms with Gasteiger partial charge in [0.15, 0.2) is 0 Å². The molecular formula is C12H11N3. The number of aryl methyl sites for hydroxylation is 1. The SMILES string of the molecule is Cc1ccc(-c2cnn3cc[nH]c23)cc1. The molecule has 0 aliphatic rings. The number of nitrogens with one attached hydrogen (secondary N) is 1. The number of imidazole rings is 1. The van der Waals surface area contributed by atoms with Crippen LogP contribution in [0.5, 0.6) is 0 Å². The minimum absolute atomic E-state index is 1.04. The van der Waals surface area contributed by atoms with E-state index in [0.29, 0.717) is 0 Å². The molecular weight excluding hydrogens is 186 g/mol. The maximum atomic E-state index is 4.26. The molecule has 0 aliphatic carbocycles. The van der Waals surface area contributed by atoms with Gasteiger partial charge in [0.25, 0.3) is 0 Å². The van der Waals surface area contributed by atoms with Crippen LogP contribution >= 0.6 is 0 Å². The first-order valence-electron chi connectivity index (χ1n) is 4.92. The minimum Gasteiger partial charge on any atom is -0.345 e. The first-order valence-corrected chi connectivity index (χ1v) is 4.92. The standard InChI is InChI=1S/C12H11N3/c1-9-2-4-10(5-3-9)11-8-14-15-7-6-13-12(11)15/h2-8,13H,1H3. The van der Waals surface area contributed by atoms with E-state index in [0.717, 1.165) is 11.2 Å². The molecule has 3 nitrogen and oxygen atoms in total. The van der Waals surface area contributed by atoms with Gasteiger partial charge in [0, 0.05) is 18.0 Å². The van der Waals surface area contributed by atoms with Crippen LogP contribution < -0.4 is 0 Å². The first-order chi connectivity index (χ1) is 7.34. The maximum Gasteiger partial charge on any atom is 0.141 e. The van der Waals surface area contributed by atoms with Crippen LogP contribution in [0.1, 0.15) is 5.56 Å². The molecule has 3 aromatic rings. The molecule has 0 saturated carbocycles. The molecule has 0 saturated heterocycles. The van der Waals surface area contributed by atoms with Crippen LogP contribution in [0, 0.1) is 6.92 Å². The van der Waals surface area contributed by atoms with Gasteiger partial charge >= 0.3 is 0 Å². The topological polar surface area (TPSA) is 33.1 Å². The lowest BCUT2D eigenvalue weighted by Gasteiger charge is -1.97. The maximum absolute atomic E-state index is 4.26. The molecule has 0 radical (unpaired) electrons. The van der Waals surface area contributed by atoms with Crippen molar-refractivity contribution < 1.29 is 0 Å². The van der Waals surface area contributed by atoms with Crippen molar-refractivity contribution in [2.24, 2.45) is 0 Å². The van der Waals surface area contributed by atoms with Gasteiger partial charge in [-0.2, -0.15) is 5.10 Å². The lowest BCUT2D eigenvalue weighted by atomic mass is 10.1. The third-order valence-corrected chi connectivity index (χ3v) is 2.59. The molecule has 15 heavy (non-hydrogen) atoms. The Labute approximate surface area is 87.4 Å². The summed E-state index contributed by atoms with van der Waals surface area (Å²) in [4.78, 5) is 3.18. The second-order valence-electron chi connectivity index (χ2n) is 3.68. The minimum atomic E-state index is 1.04. The van der Waals surface area contributed by atoms with Gasteiger partial charge in [-0.15, -0.1) is 0 Å². The van der Waals surface area contributed by atoms with Crippen molar-refractivity contribution in [2.45, 2.75) is 6.92 Å². The monoisotopic (exact) mass is 197 g/mol. The number of aromatic nitrogens is 3. The van der Waals surface area contributed by atoms with Crippen LogP contribution in [0.25, 0.3) is 16.8 Å². The molecule has 3 heteroatoms. The summed E-state index contributed by atoms with van der Waals surface area (Å²) in [6.45, 7) is 2.09. The fraction of sp³-hybridized carbons (Fsp3) is 0.0833. The Kier molecular flexibility index (Phi) is 1.65. The van der Waals surface area contributed by atoms with E-state index in [1.165, 1.54) is 11.1 Å². The number of hydrogen-bond acceptors (Lipinski definition) is 1. The Morgan fingerprint density at radius 3 is 2.80 bits per heavy atom. The summed E-state index contributed by atoms with van der Waals surface area (Å²) < 4.78 is 1.84. The van der Waals surface area contributed by atoms with Crippen LogP contribution in [-0.4, -0.2) is 14.6 Å². The molecule has 74 valence electrons. The number of aromatic amines is 1. The molecule has 0 aliphatic heterocycles. The number of hydrogen-bond donors (Lipinski definition) is 1. The lowest BCUT2D eigenvalue weighted by Crippen LogP contribution is -1.79. The Morgan fingerprint density at radius 1 is 1.20 bits per heavy atom. The van der Waals surface area contributed by atoms with E-state index in [2.05, 4.69) is 41.3 Å². The van der Waals surface area contributed by atoms with Crippen molar-refractivity contribution in [3.05, 3.63) is 48.4 Å². The van der Waals surface area contributed by atoms with E-state index >= 15 is 0 Å².